The van der Waals surface area contributed by atoms with Crippen molar-refractivity contribution in [3.8, 4) is 0 Å². The third-order valence-corrected chi connectivity index (χ3v) is 6.10. The van der Waals surface area contributed by atoms with Crippen molar-refractivity contribution in [2.24, 2.45) is 0 Å². The van der Waals surface area contributed by atoms with E-state index in [0.717, 1.165) is 43.3 Å². The first-order valence-electron chi connectivity index (χ1n) is 12.6. The van der Waals surface area contributed by atoms with Crippen LogP contribution in [0.3, 0.4) is 0 Å². The highest BCUT2D eigenvalue weighted by atomic mass is 16.5. The second-order valence-corrected chi connectivity index (χ2v) is 8.68. The molecule has 2 aromatic heterocycles. The lowest BCUT2D eigenvalue weighted by molar-refractivity contribution is -0.143. The maximum atomic E-state index is 11.3. The van der Waals surface area contributed by atoms with E-state index in [0.29, 0.717) is 13.0 Å². The molecule has 32 heavy (non-hydrogen) atoms. The average molecular weight is 438 g/mol. The zero-order valence-electron chi connectivity index (χ0n) is 19.9. The van der Waals surface area contributed by atoms with Crippen molar-refractivity contribution in [3.63, 3.8) is 0 Å². The van der Waals surface area contributed by atoms with Gasteiger partial charge in [0.1, 0.15) is 11.3 Å². The number of rotatable bonds is 15. The number of carbonyl (C=O) groups is 1. The average Bonchev–Trinajstić information content (AvgIpc) is 3.15. The van der Waals surface area contributed by atoms with E-state index in [1.165, 1.54) is 61.7 Å². The summed E-state index contributed by atoms with van der Waals surface area (Å²) in [7, 11) is 0. The van der Waals surface area contributed by atoms with Crippen molar-refractivity contribution in [2.45, 2.75) is 97.4 Å². The number of carbonyl (C=O) groups excluding carboxylic acids is 1. The van der Waals surface area contributed by atoms with Gasteiger partial charge in [0.15, 0.2) is 0 Å². The molecule has 0 saturated carbocycles. The molecular weight excluding hydrogens is 398 g/mol. The van der Waals surface area contributed by atoms with Gasteiger partial charge < -0.3 is 9.30 Å². The Balaban J connectivity index is 1.40. The molecule has 0 radical (unpaired) electrons. The van der Waals surface area contributed by atoms with Crippen LogP contribution in [0.2, 0.25) is 0 Å². The van der Waals surface area contributed by atoms with E-state index in [2.05, 4.69) is 40.7 Å². The van der Waals surface area contributed by atoms with Gasteiger partial charge in [0.2, 0.25) is 0 Å². The number of pyridine rings is 1. The fraction of sp³-hybridized carbons (Fsp3) is 0.593. The number of esters is 1. The molecule has 0 aliphatic carbocycles. The van der Waals surface area contributed by atoms with Crippen molar-refractivity contribution < 1.29 is 9.53 Å². The predicted molar refractivity (Wildman–Crippen MR) is 132 cm³/mol. The largest absolute Gasteiger partial charge is 0.466 e. The van der Waals surface area contributed by atoms with Crippen molar-refractivity contribution in [1.29, 1.82) is 0 Å². The quantitative estimate of drug-likeness (QED) is 0.190. The second kappa shape index (κ2) is 13.2. The maximum absolute atomic E-state index is 11.3. The zero-order chi connectivity index (χ0) is 22.6. The summed E-state index contributed by atoms with van der Waals surface area (Å²) < 4.78 is 7.42. The van der Waals surface area contributed by atoms with E-state index in [1.807, 2.05) is 13.1 Å². The molecule has 0 aliphatic rings. The molecule has 0 aliphatic heterocycles. The molecule has 0 N–H and O–H groups in total. The van der Waals surface area contributed by atoms with E-state index >= 15 is 0 Å². The number of aromatic nitrogens is 3. The summed E-state index contributed by atoms with van der Waals surface area (Å²) in [5.41, 5.74) is 3.32. The molecular formula is C27H39N3O2. The Morgan fingerprint density at radius 1 is 0.906 bits per heavy atom. The van der Waals surface area contributed by atoms with Crippen LogP contribution >= 0.6 is 0 Å². The number of nitrogens with zero attached hydrogens (tertiary/aromatic N) is 3. The Hall–Kier alpha value is -2.43. The van der Waals surface area contributed by atoms with Crippen LogP contribution in [0.4, 0.5) is 0 Å². The molecule has 0 fully saturated rings. The van der Waals surface area contributed by atoms with Crippen LogP contribution in [-0.4, -0.2) is 27.1 Å². The number of aryl methyl sites for hydroxylation is 2. The standard InChI is InChI=1S/C27H39N3O2/c1-3-16-25-29-24-21-28-23-18-14-13-17-22(23)27(24)30(25)20-15-11-9-7-5-6-8-10-12-19-26(31)32-4-2/h13-14,17-18,21H,3-12,15-16,19-20H2,1-2H3. The van der Waals surface area contributed by atoms with E-state index in [4.69, 9.17) is 9.72 Å². The summed E-state index contributed by atoms with van der Waals surface area (Å²) in [4.78, 5) is 20.8. The van der Waals surface area contributed by atoms with Crippen LogP contribution in [-0.2, 0) is 22.5 Å². The number of para-hydroxylation sites is 1. The molecule has 0 atom stereocenters. The minimum Gasteiger partial charge on any atom is -0.466 e. The van der Waals surface area contributed by atoms with Crippen LogP contribution in [0.25, 0.3) is 21.9 Å². The summed E-state index contributed by atoms with van der Waals surface area (Å²) in [6.07, 6.45) is 15.6. The molecule has 0 amide bonds. The van der Waals surface area contributed by atoms with Crippen molar-refractivity contribution in [1.82, 2.24) is 14.5 Å². The second-order valence-electron chi connectivity index (χ2n) is 8.68. The molecule has 2 heterocycles. The minimum atomic E-state index is -0.0514. The fourth-order valence-corrected chi connectivity index (χ4v) is 4.48. The van der Waals surface area contributed by atoms with Crippen LogP contribution in [0.15, 0.2) is 30.5 Å². The third kappa shape index (κ3) is 6.78. The van der Waals surface area contributed by atoms with Gasteiger partial charge in [-0.05, 0) is 32.3 Å². The Bertz CT molecular complexity index is 980. The molecule has 0 unspecified atom stereocenters. The van der Waals surface area contributed by atoms with Crippen LogP contribution in [0, 0.1) is 0 Å². The molecule has 5 heteroatoms. The number of hydrogen-bond donors (Lipinski definition) is 0. The van der Waals surface area contributed by atoms with Crippen molar-refractivity contribution in [2.75, 3.05) is 6.61 Å². The van der Waals surface area contributed by atoms with Gasteiger partial charge in [-0.15, -0.1) is 0 Å². The summed E-state index contributed by atoms with van der Waals surface area (Å²) in [5, 5.41) is 1.21. The number of unbranched alkanes of at least 4 members (excludes halogenated alkanes) is 8. The number of ether oxygens (including phenoxy) is 1. The number of hydrogen-bond acceptors (Lipinski definition) is 4. The van der Waals surface area contributed by atoms with E-state index < -0.39 is 0 Å². The lowest BCUT2D eigenvalue weighted by Crippen LogP contribution is -2.04. The summed E-state index contributed by atoms with van der Waals surface area (Å²) in [6.45, 7) is 5.60. The predicted octanol–water partition coefficient (Wildman–Crippen LogP) is 7.00. The van der Waals surface area contributed by atoms with Crippen molar-refractivity contribution in [3.05, 3.63) is 36.3 Å². The minimum absolute atomic E-state index is 0.0514. The Morgan fingerprint density at radius 3 is 2.31 bits per heavy atom. The summed E-state index contributed by atoms with van der Waals surface area (Å²) in [6, 6.07) is 8.40. The maximum Gasteiger partial charge on any atom is 0.305 e. The van der Waals surface area contributed by atoms with Gasteiger partial charge in [0.05, 0.1) is 23.8 Å². The van der Waals surface area contributed by atoms with Crippen molar-refractivity contribution >= 4 is 27.9 Å². The van der Waals surface area contributed by atoms with Gasteiger partial charge in [-0.3, -0.25) is 9.78 Å². The van der Waals surface area contributed by atoms with Gasteiger partial charge in [-0.2, -0.15) is 0 Å². The molecule has 174 valence electrons. The topological polar surface area (TPSA) is 57.0 Å². The number of imidazole rings is 1. The van der Waals surface area contributed by atoms with Crippen LogP contribution in [0.5, 0.6) is 0 Å². The highest BCUT2D eigenvalue weighted by Crippen LogP contribution is 2.26. The van der Waals surface area contributed by atoms with Gasteiger partial charge in [-0.25, -0.2) is 4.98 Å². The lowest BCUT2D eigenvalue weighted by Gasteiger charge is -2.10. The summed E-state index contributed by atoms with van der Waals surface area (Å²) in [5.74, 6) is 1.15. The monoisotopic (exact) mass is 437 g/mol. The molecule has 1 aromatic carbocycles. The normalized spacial score (nSPS) is 11.4. The Morgan fingerprint density at radius 2 is 1.59 bits per heavy atom. The first kappa shape index (κ1) is 24.2. The van der Waals surface area contributed by atoms with E-state index in [1.54, 1.807) is 0 Å². The van der Waals surface area contributed by atoms with Gasteiger partial charge >= 0.3 is 5.97 Å². The van der Waals surface area contributed by atoms with Gasteiger partial charge in [0, 0.05) is 24.8 Å². The first-order valence-corrected chi connectivity index (χ1v) is 12.6. The Kier molecular flexibility index (Phi) is 9.98. The smallest absolute Gasteiger partial charge is 0.305 e. The number of benzene rings is 1. The Labute approximate surface area is 192 Å². The third-order valence-electron chi connectivity index (χ3n) is 6.10. The lowest BCUT2D eigenvalue weighted by atomic mass is 10.1. The molecule has 3 aromatic rings. The molecule has 0 bridgehead atoms. The first-order chi connectivity index (χ1) is 15.7. The highest BCUT2D eigenvalue weighted by molar-refractivity contribution is 6.02. The SMILES string of the molecule is CCCc1nc2cnc3ccccc3c2n1CCCCCCCCCCCC(=O)OCC. The molecule has 0 saturated heterocycles. The number of fused-ring (bicyclic) bond motifs is 3. The molecule has 5 nitrogen and oxygen atoms in total. The van der Waals surface area contributed by atoms with Crippen LogP contribution in [0.1, 0.15) is 90.3 Å². The van der Waals surface area contributed by atoms with Crippen LogP contribution < -0.4 is 0 Å². The van der Waals surface area contributed by atoms with Gasteiger partial charge in [-0.1, -0.05) is 70.1 Å². The fourth-order valence-electron chi connectivity index (χ4n) is 4.48. The highest BCUT2D eigenvalue weighted by Gasteiger charge is 2.13. The zero-order valence-corrected chi connectivity index (χ0v) is 19.9. The van der Waals surface area contributed by atoms with E-state index in [-0.39, 0.29) is 5.97 Å². The molecule has 0 spiro atoms. The van der Waals surface area contributed by atoms with E-state index in [9.17, 15) is 4.79 Å². The molecule has 3 rings (SSSR count). The summed E-state index contributed by atoms with van der Waals surface area (Å²) >= 11 is 0. The van der Waals surface area contributed by atoms with Gasteiger partial charge in [0.25, 0.3) is 0 Å².